The van der Waals surface area contributed by atoms with Crippen LogP contribution in [0, 0.1) is 0 Å². The number of carbonyl (C=O) groups excluding carboxylic acids is 1. The van der Waals surface area contributed by atoms with Gasteiger partial charge in [-0.3, -0.25) is 10.0 Å². The van der Waals surface area contributed by atoms with E-state index in [0.717, 1.165) is 0 Å². The van der Waals surface area contributed by atoms with Gasteiger partial charge in [0, 0.05) is 5.56 Å². The summed E-state index contributed by atoms with van der Waals surface area (Å²) in [6.07, 6.45) is -9.83. The van der Waals surface area contributed by atoms with Gasteiger partial charge in [0.25, 0.3) is 6.29 Å². The van der Waals surface area contributed by atoms with Crippen LogP contribution in [0.4, 0.5) is 5.69 Å². The van der Waals surface area contributed by atoms with Crippen LogP contribution < -0.4 is 14.5 Å². The Kier molecular flexibility index (Phi) is 6.02. The fourth-order valence-electron chi connectivity index (χ4n) is 2.99. The van der Waals surface area contributed by atoms with Crippen molar-refractivity contribution in [3.05, 3.63) is 17.7 Å². The largest absolute Gasteiger partial charge is 0.492 e. The Hall–Kier alpha value is -2.03. The van der Waals surface area contributed by atoms with E-state index in [9.17, 15) is 35.5 Å². The molecule has 1 fully saturated rings. The molecule has 1 saturated heterocycles. The Labute approximate surface area is 158 Å². The van der Waals surface area contributed by atoms with E-state index < -0.39 is 56.1 Å². The van der Waals surface area contributed by atoms with E-state index in [0.29, 0.717) is 5.56 Å². The van der Waals surface area contributed by atoms with Crippen LogP contribution in [0.1, 0.15) is 5.56 Å². The summed E-state index contributed by atoms with van der Waals surface area (Å²) in [4.78, 5) is 12.4. The molecule has 1 aromatic carbocycles. The first-order valence-electron chi connectivity index (χ1n) is 8.30. The van der Waals surface area contributed by atoms with Crippen molar-refractivity contribution in [3.8, 4) is 11.5 Å². The number of carbonyl (C=O) groups is 1. The minimum atomic E-state index is -1.82. The summed E-state index contributed by atoms with van der Waals surface area (Å²) in [5, 5.41) is 58.7. The molecule has 2 aliphatic rings. The average molecular weight is 403 g/mol. The predicted molar refractivity (Wildman–Crippen MR) is 87.5 cm³/mol. The fourth-order valence-corrected chi connectivity index (χ4v) is 2.99. The number of anilines is 1. The lowest BCUT2D eigenvalue weighted by Gasteiger charge is -2.41. The molecule has 3 rings (SSSR count). The van der Waals surface area contributed by atoms with Crippen LogP contribution in [-0.2, 0) is 20.9 Å². The summed E-state index contributed by atoms with van der Waals surface area (Å²) in [5.74, 6) is -1.12. The highest BCUT2D eigenvalue weighted by Gasteiger charge is 2.47. The second kappa shape index (κ2) is 8.14. The van der Waals surface area contributed by atoms with Gasteiger partial charge in [0.1, 0.15) is 30.1 Å². The molecule has 0 radical (unpaired) electrons. The van der Waals surface area contributed by atoms with Crippen LogP contribution in [0.15, 0.2) is 12.1 Å². The number of hydrogen-bond acceptors (Lipinski definition) is 11. The van der Waals surface area contributed by atoms with Crippen LogP contribution in [0.2, 0.25) is 0 Å². The van der Waals surface area contributed by atoms with Gasteiger partial charge in [-0.2, -0.15) is 5.06 Å². The van der Waals surface area contributed by atoms with Crippen LogP contribution in [-0.4, -0.2) is 87.4 Å². The van der Waals surface area contributed by atoms with E-state index >= 15 is 0 Å². The minimum absolute atomic E-state index is 0.0500. The van der Waals surface area contributed by atoms with Gasteiger partial charge in [0.2, 0.25) is 0 Å². The van der Waals surface area contributed by atoms with Crippen molar-refractivity contribution < 1.29 is 54.5 Å². The molecule has 0 aliphatic carbocycles. The third-order valence-electron chi connectivity index (χ3n) is 4.52. The predicted octanol–water partition coefficient (Wildman–Crippen LogP) is -2.56. The third kappa shape index (κ3) is 3.40. The summed E-state index contributed by atoms with van der Waals surface area (Å²) in [6.45, 7) is -1.09. The Morgan fingerprint density at radius 1 is 1.14 bits per heavy atom. The average Bonchev–Trinajstić information content (AvgIpc) is 2.70. The van der Waals surface area contributed by atoms with Crippen LogP contribution >= 0.6 is 0 Å². The summed E-state index contributed by atoms with van der Waals surface area (Å²) >= 11 is 0. The lowest BCUT2D eigenvalue weighted by atomic mass is 9.99. The van der Waals surface area contributed by atoms with Crippen molar-refractivity contribution in [1.29, 1.82) is 0 Å². The topological polar surface area (TPSA) is 179 Å². The van der Waals surface area contributed by atoms with Gasteiger partial charge in [-0.1, -0.05) is 6.07 Å². The molecule has 12 nitrogen and oxygen atoms in total. The maximum atomic E-state index is 12.4. The lowest BCUT2D eigenvalue weighted by Crippen LogP contribution is -2.61. The van der Waals surface area contributed by atoms with Gasteiger partial charge in [0.05, 0.1) is 20.3 Å². The first-order valence-corrected chi connectivity index (χ1v) is 8.30. The number of aliphatic hydroxyl groups is 5. The number of methoxy groups -OCH3 is 1. The maximum absolute atomic E-state index is 12.4. The number of ether oxygens (including phenoxy) is 4. The van der Waals surface area contributed by atoms with E-state index in [1.165, 1.54) is 19.2 Å². The van der Waals surface area contributed by atoms with Crippen LogP contribution in [0.3, 0.4) is 0 Å². The van der Waals surface area contributed by atoms with Crippen LogP contribution in [0.25, 0.3) is 0 Å². The molecule has 12 heteroatoms. The zero-order valence-electron chi connectivity index (χ0n) is 14.7. The molecule has 1 aromatic rings. The Morgan fingerprint density at radius 2 is 1.86 bits per heavy atom. The molecule has 28 heavy (non-hydrogen) atoms. The van der Waals surface area contributed by atoms with E-state index in [-0.39, 0.29) is 22.2 Å². The molecule has 6 N–H and O–H groups in total. The first kappa shape index (κ1) is 20.7. The SMILES string of the molecule is COc1c(CO)ccc2c1O[C@H](OC1OC(CO)C(O)C(O)C1O)C(=O)N2O. The molecule has 1 amide bonds. The van der Waals surface area contributed by atoms with E-state index in [1.54, 1.807) is 0 Å². The smallest absolute Gasteiger partial charge is 0.320 e. The monoisotopic (exact) mass is 403 g/mol. The van der Waals surface area contributed by atoms with E-state index in [2.05, 4.69) is 0 Å². The molecular formula is C16H21NO11. The number of nitrogens with zero attached hydrogens (tertiary/aromatic N) is 1. The van der Waals surface area contributed by atoms with Gasteiger partial charge < -0.3 is 44.5 Å². The molecule has 6 atom stereocenters. The lowest BCUT2D eigenvalue weighted by molar-refractivity contribution is -0.323. The molecule has 0 saturated carbocycles. The second-order valence-electron chi connectivity index (χ2n) is 6.20. The Morgan fingerprint density at radius 3 is 2.46 bits per heavy atom. The molecule has 0 aromatic heterocycles. The van der Waals surface area contributed by atoms with Crippen LogP contribution in [0.5, 0.6) is 11.5 Å². The highest BCUT2D eigenvalue weighted by Crippen LogP contribution is 2.43. The number of hydroxylamine groups is 1. The van der Waals surface area contributed by atoms with Crippen molar-refractivity contribution in [2.45, 2.75) is 43.6 Å². The van der Waals surface area contributed by atoms with E-state index in [4.69, 9.17) is 18.9 Å². The van der Waals surface area contributed by atoms with Gasteiger partial charge in [-0.25, -0.2) is 0 Å². The summed E-state index contributed by atoms with van der Waals surface area (Å²) in [6, 6.07) is 2.75. The highest BCUT2D eigenvalue weighted by atomic mass is 16.8. The fraction of sp³-hybridized carbons (Fsp3) is 0.562. The molecule has 156 valence electrons. The van der Waals surface area contributed by atoms with Gasteiger partial charge >= 0.3 is 5.91 Å². The van der Waals surface area contributed by atoms with Gasteiger partial charge in [0.15, 0.2) is 17.8 Å². The highest BCUT2D eigenvalue weighted by molar-refractivity contribution is 5.98. The molecule has 5 unspecified atom stereocenters. The molecular weight excluding hydrogens is 382 g/mol. The second-order valence-corrected chi connectivity index (χ2v) is 6.20. The van der Waals surface area contributed by atoms with Gasteiger partial charge in [-0.15, -0.1) is 0 Å². The zero-order chi connectivity index (χ0) is 20.6. The Bertz CT molecular complexity index is 727. The normalized spacial score (nSPS) is 32.7. The number of amides is 1. The van der Waals surface area contributed by atoms with Crippen molar-refractivity contribution in [2.24, 2.45) is 0 Å². The summed E-state index contributed by atoms with van der Waals surface area (Å²) in [5.41, 5.74) is 0.253. The summed E-state index contributed by atoms with van der Waals surface area (Å²) < 4.78 is 21.1. The number of hydrogen-bond donors (Lipinski definition) is 6. The van der Waals surface area contributed by atoms with Crippen molar-refractivity contribution >= 4 is 11.6 Å². The molecule has 0 spiro atoms. The zero-order valence-corrected chi connectivity index (χ0v) is 14.7. The van der Waals surface area contributed by atoms with Crippen molar-refractivity contribution in [1.82, 2.24) is 0 Å². The summed E-state index contributed by atoms with van der Waals surface area (Å²) in [7, 11) is 1.30. The van der Waals surface area contributed by atoms with Gasteiger partial charge in [-0.05, 0) is 6.07 Å². The third-order valence-corrected chi connectivity index (χ3v) is 4.52. The minimum Gasteiger partial charge on any atom is -0.492 e. The maximum Gasteiger partial charge on any atom is 0.320 e. The standard InChI is InChI=1S/C16H21NO11/c1-25-12-6(4-18)2-3-7-13(12)27-16(14(23)17(7)24)28-15-11(22)10(21)9(20)8(5-19)26-15/h2-3,8-11,15-16,18-22,24H,4-5H2,1H3/t8?,9?,10?,11?,15?,16-/m1/s1. The van der Waals surface area contributed by atoms with Crippen molar-refractivity contribution in [2.75, 3.05) is 18.8 Å². The quantitative estimate of drug-likeness (QED) is 0.285. The Balaban J connectivity index is 1.87. The number of benzene rings is 1. The number of rotatable bonds is 5. The molecule has 2 aliphatic heterocycles. The van der Waals surface area contributed by atoms with Crippen molar-refractivity contribution in [3.63, 3.8) is 0 Å². The number of aliphatic hydroxyl groups excluding tert-OH is 5. The first-order chi connectivity index (χ1) is 13.3. The number of fused-ring (bicyclic) bond motifs is 1. The molecule has 2 heterocycles. The molecule has 0 bridgehead atoms. The van der Waals surface area contributed by atoms with E-state index in [1.807, 2.05) is 0 Å².